The van der Waals surface area contributed by atoms with E-state index in [2.05, 4.69) is 15.2 Å². The first-order valence-electron chi connectivity index (χ1n) is 13.1. The fourth-order valence-electron chi connectivity index (χ4n) is 4.39. The molecule has 39 heavy (non-hydrogen) atoms. The Morgan fingerprint density at radius 1 is 1.05 bits per heavy atom. The van der Waals surface area contributed by atoms with Crippen LogP contribution >= 0.6 is 0 Å². The van der Waals surface area contributed by atoms with Gasteiger partial charge in [-0.15, -0.1) is 0 Å². The van der Waals surface area contributed by atoms with E-state index < -0.39 is 16.1 Å². The van der Waals surface area contributed by atoms with Crippen LogP contribution in [0.25, 0.3) is 11.1 Å². The number of nitrogens with zero attached hydrogens (tertiary/aromatic N) is 2. The summed E-state index contributed by atoms with van der Waals surface area (Å²) in [6, 6.07) is 13.5. The van der Waals surface area contributed by atoms with Gasteiger partial charge < -0.3 is 14.7 Å². The van der Waals surface area contributed by atoms with Crippen LogP contribution in [0.4, 0.5) is 5.82 Å². The van der Waals surface area contributed by atoms with Crippen LogP contribution in [-0.4, -0.2) is 43.4 Å². The van der Waals surface area contributed by atoms with Crippen molar-refractivity contribution in [2.24, 2.45) is 5.92 Å². The molecule has 0 unspecified atom stereocenters. The Balaban J connectivity index is 1.91. The van der Waals surface area contributed by atoms with Crippen LogP contribution in [-0.2, 0) is 26.2 Å². The van der Waals surface area contributed by atoms with Crippen molar-refractivity contribution in [3.63, 3.8) is 0 Å². The van der Waals surface area contributed by atoms with Gasteiger partial charge in [0.1, 0.15) is 11.8 Å². The predicted octanol–water partition coefficient (Wildman–Crippen LogP) is 5.05. The van der Waals surface area contributed by atoms with Crippen LogP contribution in [0.2, 0.25) is 0 Å². The molecule has 210 valence electrons. The zero-order valence-corrected chi connectivity index (χ0v) is 24.3. The monoisotopic (exact) mass is 554 g/mol. The second-order valence-corrected chi connectivity index (χ2v) is 11.6. The molecule has 0 aliphatic carbocycles. The highest BCUT2D eigenvalue weighted by molar-refractivity contribution is 7.92. The number of hydrogen-bond donors (Lipinski definition) is 2. The normalized spacial score (nSPS) is 12.3. The van der Waals surface area contributed by atoms with Crippen LogP contribution in [0.1, 0.15) is 56.9 Å². The maximum absolute atomic E-state index is 13.3. The number of amides is 2. The van der Waals surface area contributed by atoms with E-state index in [1.165, 1.54) is 0 Å². The van der Waals surface area contributed by atoms with Crippen LogP contribution in [0.3, 0.4) is 0 Å². The van der Waals surface area contributed by atoms with E-state index >= 15 is 0 Å². The summed E-state index contributed by atoms with van der Waals surface area (Å²) >= 11 is 0. The molecule has 9 nitrogen and oxygen atoms in total. The third-order valence-electron chi connectivity index (χ3n) is 6.73. The highest BCUT2D eigenvalue weighted by Gasteiger charge is 2.31. The zero-order valence-electron chi connectivity index (χ0n) is 23.4. The Morgan fingerprint density at radius 3 is 2.28 bits per heavy atom. The van der Waals surface area contributed by atoms with Gasteiger partial charge in [-0.1, -0.05) is 74.8 Å². The van der Waals surface area contributed by atoms with Crippen molar-refractivity contribution in [1.29, 1.82) is 0 Å². The average Bonchev–Trinajstić information content (AvgIpc) is 3.23. The molecule has 2 amide bonds. The van der Waals surface area contributed by atoms with Gasteiger partial charge in [0.2, 0.25) is 11.8 Å². The lowest BCUT2D eigenvalue weighted by Gasteiger charge is -2.33. The van der Waals surface area contributed by atoms with Crippen molar-refractivity contribution in [3.8, 4) is 11.1 Å². The molecule has 1 aromatic heterocycles. The number of anilines is 1. The number of rotatable bonds is 12. The summed E-state index contributed by atoms with van der Waals surface area (Å²) in [5.74, 6) is 0.354. The highest BCUT2D eigenvalue weighted by Crippen LogP contribution is 2.30. The molecule has 10 heteroatoms. The Labute approximate surface area is 231 Å². The van der Waals surface area contributed by atoms with E-state index in [9.17, 15) is 18.0 Å². The van der Waals surface area contributed by atoms with Crippen molar-refractivity contribution in [2.75, 3.05) is 11.8 Å². The minimum absolute atomic E-state index is 0.0656. The predicted molar refractivity (Wildman–Crippen MR) is 151 cm³/mol. The molecule has 0 spiro atoms. The van der Waals surface area contributed by atoms with E-state index in [1.807, 2.05) is 45.0 Å². The zero-order chi connectivity index (χ0) is 28.7. The maximum Gasteiger partial charge on any atom is 0.263 e. The number of carbonyl (C=O) groups is 2. The summed E-state index contributed by atoms with van der Waals surface area (Å²) in [6.07, 6.45) is 2.00. The topological polar surface area (TPSA) is 122 Å². The first-order valence-corrected chi connectivity index (χ1v) is 14.6. The summed E-state index contributed by atoms with van der Waals surface area (Å²) in [7, 11) is -2.38. The Kier molecular flexibility index (Phi) is 9.91. The van der Waals surface area contributed by atoms with Gasteiger partial charge in [0.05, 0.1) is 4.90 Å². The molecule has 0 saturated heterocycles. The van der Waals surface area contributed by atoms with Crippen LogP contribution in [0.5, 0.6) is 0 Å². The third-order valence-corrected chi connectivity index (χ3v) is 8.13. The minimum Gasteiger partial charge on any atom is -0.359 e. The number of likely N-dealkylation sites (N-methyl/N-ethyl adjacent to an activating group) is 1. The molecule has 3 aromatic rings. The van der Waals surface area contributed by atoms with Crippen molar-refractivity contribution >= 4 is 27.7 Å². The molecule has 2 N–H and O–H groups in total. The van der Waals surface area contributed by atoms with Crippen molar-refractivity contribution in [3.05, 3.63) is 65.4 Å². The molecule has 0 fully saturated rings. The largest absolute Gasteiger partial charge is 0.359 e. The SMILES string of the molecule is CCCCC(=O)N(Cc1ccc(-c2ccccc2S(=O)(=O)Nc2noc(C)c2C)cc1)[C@H](C(=O)NC)C(C)C. The number of aryl methyl sites for hydroxylation is 1. The quantitative estimate of drug-likeness (QED) is 0.323. The Hall–Kier alpha value is -3.66. The number of aromatic nitrogens is 1. The van der Waals surface area contributed by atoms with Crippen molar-refractivity contribution < 1.29 is 22.5 Å². The summed E-state index contributed by atoms with van der Waals surface area (Å²) < 4.78 is 34.2. The van der Waals surface area contributed by atoms with Gasteiger partial charge in [-0.05, 0) is 43.4 Å². The van der Waals surface area contributed by atoms with Crippen molar-refractivity contribution in [2.45, 2.75) is 71.4 Å². The first kappa shape index (κ1) is 29.9. The van der Waals surface area contributed by atoms with E-state index in [4.69, 9.17) is 4.52 Å². The second kappa shape index (κ2) is 12.9. The number of unbranched alkanes of at least 4 members (excludes halogenated alkanes) is 1. The van der Waals surface area contributed by atoms with E-state index in [-0.39, 0.29) is 35.0 Å². The maximum atomic E-state index is 13.3. The minimum atomic E-state index is -3.95. The molecular weight excluding hydrogens is 516 g/mol. The molecular formula is C29H38N4O5S. The first-order chi connectivity index (χ1) is 18.5. The Morgan fingerprint density at radius 2 is 1.72 bits per heavy atom. The molecule has 2 aromatic carbocycles. The Bertz CT molecular complexity index is 1400. The summed E-state index contributed by atoms with van der Waals surface area (Å²) in [6.45, 7) is 9.60. The molecule has 3 rings (SSSR count). The van der Waals surface area contributed by atoms with E-state index in [1.54, 1.807) is 50.1 Å². The third kappa shape index (κ3) is 7.06. The van der Waals surface area contributed by atoms with Crippen LogP contribution in [0.15, 0.2) is 57.9 Å². The number of sulfonamides is 1. The molecule has 0 aliphatic heterocycles. The van der Waals surface area contributed by atoms with Gasteiger partial charge in [0, 0.05) is 31.1 Å². The number of carbonyl (C=O) groups excluding carboxylic acids is 2. The second-order valence-electron chi connectivity index (χ2n) is 9.94. The summed E-state index contributed by atoms with van der Waals surface area (Å²) in [5.41, 5.74) is 2.68. The van der Waals surface area contributed by atoms with E-state index in [0.717, 1.165) is 18.4 Å². The smallest absolute Gasteiger partial charge is 0.263 e. The molecule has 0 saturated carbocycles. The summed E-state index contributed by atoms with van der Waals surface area (Å²) in [5, 5.41) is 6.51. The van der Waals surface area contributed by atoms with Gasteiger partial charge in [-0.3, -0.25) is 14.3 Å². The highest BCUT2D eigenvalue weighted by atomic mass is 32.2. The van der Waals surface area contributed by atoms with Gasteiger partial charge in [0.25, 0.3) is 10.0 Å². The summed E-state index contributed by atoms with van der Waals surface area (Å²) in [4.78, 5) is 27.6. The molecule has 0 bridgehead atoms. The molecule has 0 aliphatic rings. The van der Waals surface area contributed by atoms with E-state index in [0.29, 0.717) is 28.9 Å². The average molecular weight is 555 g/mol. The fourth-order valence-corrected chi connectivity index (χ4v) is 5.67. The molecule has 1 heterocycles. The number of hydrogen-bond acceptors (Lipinski definition) is 6. The van der Waals surface area contributed by atoms with Crippen LogP contribution < -0.4 is 10.0 Å². The lowest BCUT2D eigenvalue weighted by atomic mass is 9.99. The molecule has 1 atom stereocenters. The van der Waals surface area contributed by atoms with Gasteiger partial charge in [-0.2, -0.15) is 0 Å². The van der Waals surface area contributed by atoms with Gasteiger partial charge in [0.15, 0.2) is 5.82 Å². The van der Waals surface area contributed by atoms with Gasteiger partial charge >= 0.3 is 0 Å². The van der Waals surface area contributed by atoms with Crippen LogP contribution in [0, 0.1) is 19.8 Å². The standard InChI is InChI=1S/C29H38N4O5S/c1-7-8-13-26(34)33(27(19(2)3)29(35)30-6)18-22-14-16-23(17-15-22)24-11-9-10-12-25(24)39(36,37)32-28-20(4)21(5)38-31-28/h9-12,14-17,19,27H,7-8,13,18H2,1-6H3,(H,30,35)(H,31,32)/t27-/m0/s1. The number of benzene rings is 2. The molecule has 0 radical (unpaired) electrons. The van der Waals surface area contributed by atoms with Gasteiger partial charge in [-0.25, -0.2) is 8.42 Å². The lowest BCUT2D eigenvalue weighted by Crippen LogP contribution is -2.51. The fraction of sp³-hybridized carbons (Fsp3) is 0.414. The number of nitrogens with one attached hydrogen (secondary N) is 2. The van der Waals surface area contributed by atoms with Crippen molar-refractivity contribution in [1.82, 2.24) is 15.4 Å². The lowest BCUT2D eigenvalue weighted by molar-refractivity contribution is -0.142.